The van der Waals surface area contributed by atoms with Crippen molar-refractivity contribution in [3.8, 4) is 5.75 Å². The van der Waals surface area contributed by atoms with Crippen LogP contribution in [0.15, 0.2) is 48.7 Å². The van der Waals surface area contributed by atoms with Gasteiger partial charge in [-0.3, -0.25) is 9.88 Å². The van der Waals surface area contributed by atoms with Gasteiger partial charge in [0, 0.05) is 32.4 Å². The van der Waals surface area contributed by atoms with Gasteiger partial charge in [-0.2, -0.15) is 0 Å². The largest absolute Gasteiger partial charge is 0.497 e. The molecule has 0 radical (unpaired) electrons. The molecule has 0 spiro atoms. The molecule has 0 unspecified atom stereocenters. The highest BCUT2D eigenvalue weighted by molar-refractivity contribution is 5.27. The Morgan fingerprint density at radius 3 is 2.71 bits per heavy atom. The minimum absolute atomic E-state index is 0.612. The quantitative estimate of drug-likeness (QED) is 0.780. The van der Waals surface area contributed by atoms with Crippen LogP contribution in [-0.4, -0.2) is 36.8 Å². The molecule has 2 aromatic rings. The van der Waals surface area contributed by atoms with E-state index in [1.165, 1.54) is 18.4 Å². The molecule has 1 aliphatic rings. The minimum atomic E-state index is 0.612. The average molecular weight is 326 g/mol. The fourth-order valence-electron chi connectivity index (χ4n) is 3.21. The van der Waals surface area contributed by atoms with Crippen molar-refractivity contribution in [2.24, 2.45) is 5.92 Å². The summed E-state index contributed by atoms with van der Waals surface area (Å²) < 4.78 is 10.9. The molecule has 2 heterocycles. The molecule has 4 nitrogen and oxygen atoms in total. The molecule has 4 heteroatoms. The van der Waals surface area contributed by atoms with Gasteiger partial charge < -0.3 is 9.47 Å². The minimum Gasteiger partial charge on any atom is -0.497 e. The monoisotopic (exact) mass is 326 g/mol. The molecule has 0 bridgehead atoms. The lowest BCUT2D eigenvalue weighted by molar-refractivity contribution is 0.0357. The van der Waals surface area contributed by atoms with Crippen LogP contribution in [0.3, 0.4) is 0 Å². The van der Waals surface area contributed by atoms with E-state index in [-0.39, 0.29) is 0 Å². The Balaban J connectivity index is 1.67. The summed E-state index contributed by atoms with van der Waals surface area (Å²) in [5.74, 6) is 1.51. The second-order valence-electron chi connectivity index (χ2n) is 6.42. The zero-order valence-electron chi connectivity index (χ0n) is 14.4. The number of hydrogen-bond donors (Lipinski definition) is 0. The lowest BCUT2D eigenvalue weighted by Crippen LogP contribution is -2.33. The van der Waals surface area contributed by atoms with E-state index in [1.54, 1.807) is 7.11 Å². The number of nitrogens with zero attached hydrogens (tertiary/aromatic N) is 2. The van der Waals surface area contributed by atoms with Crippen molar-refractivity contribution in [2.75, 3.05) is 26.9 Å². The van der Waals surface area contributed by atoms with Crippen molar-refractivity contribution in [3.05, 3.63) is 59.9 Å². The summed E-state index contributed by atoms with van der Waals surface area (Å²) in [6, 6.07) is 14.4. The van der Waals surface area contributed by atoms with Gasteiger partial charge in [0.2, 0.25) is 0 Å². The first-order chi connectivity index (χ1) is 11.8. The third-order valence-corrected chi connectivity index (χ3v) is 4.45. The van der Waals surface area contributed by atoms with Crippen molar-refractivity contribution in [1.29, 1.82) is 0 Å². The van der Waals surface area contributed by atoms with Crippen molar-refractivity contribution in [3.63, 3.8) is 0 Å². The van der Waals surface area contributed by atoms with Crippen LogP contribution < -0.4 is 4.74 Å². The molecule has 1 fully saturated rings. The van der Waals surface area contributed by atoms with Crippen molar-refractivity contribution < 1.29 is 9.47 Å². The highest BCUT2D eigenvalue weighted by atomic mass is 16.5. The first kappa shape index (κ1) is 16.9. The highest BCUT2D eigenvalue weighted by Gasteiger charge is 2.18. The van der Waals surface area contributed by atoms with Crippen LogP contribution in [0.5, 0.6) is 5.75 Å². The maximum absolute atomic E-state index is 5.65. The predicted molar refractivity (Wildman–Crippen MR) is 94.9 cm³/mol. The molecular weight excluding hydrogens is 300 g/mol. The Hall–Kier alpha value is -1.91. The van der Waals surface area contributed by atoms with Crippen LogP contribution in [0, 0.1) is 5.92 Å². The van der Waals surface area contributed by atoms with E-state index in [0.717, 1.165) is 44.3 Å². The van der Waals surface area contributed by atoms with Gasteiger partial charge in [0.05, 0.1) is 19.4 Å². The molecular formula is C20H26N2O2. The maximum atomic E-state index is 5.65. The summed E-state index contributed by atoms with van der Waals surface area (Å²) >= 11 is 0. The van der Waals surface area contributed by atoms with E-state index in [0.29, 0.717) is 5.92 Å². The summed E-state index contributed by atoms with van der Waals surface area (Å²) in [7, 11) is 1.70. The molecule has 1 aromatic carbocycles. The number of pyridine rings is 1. The van der Waals surface area contributed by atoms with E-state index in [9.17, 15) is 0 Å². The van der Waals surface area contributed by atoms with E-state index >= 15 is 0 Å². The number of ether oxygens (including phenoxy) is 2. The second kappa shape index (κ2) is 8.81. The standard InChI is InChI=1S/C20H26N2O2/c1-23-20-9-7-17(8-10-20)13-22(14-18-5-4-12-24-16-18)15-19-6-2-3-11-21-19/h2-3,6-11,18H,4-5,12-16H2,1H3/t18-/m0/s1. The third kappa shape index (κ3) is 5.05. The van der Waals surface area contributed by atoms with Gasteiger partial charge >= 0.3 is 0 Å². The van der Waals surface area contributed by atoms with Gasteiger partial charge in [-0.1, -0.05) is 18.2 Å². The topological polar surface area (TPSA) is 34.6 Å². The first-order valence-corrected chi connectivity index (χ1v) is 8.66. The fourth-order valence-corrected chi connectivity index (χ4v) is 3.21. The molecule has 0 amide bonds. The molecule has 24 heavy (non-hydrogen) atoms. The van der Waals surface area contributed by atoms with Crippen LogP contribution in [0.4, 0.5) is 0 Å². The lowest BCUT2D eigenvalue weighted by Gasteiger charge is -2.29. The van der Waals surface area contributed by atoms with Crippen LogP contribution in [0.25, 0.3) is 0 Å². The number of rotatable bonds is 7. The van der Waals surface area contributed by atoms with Crippen LogP contribution in [0.2, 0.25) is 0 Å². The van der Waals surface area contributed by atoms with E-state index in [1.807, 2.05) is 24.4 Å². The predicted octanol–water partition coefficient (Wildman–Crippen LogP) is 3.52. The Morgan fingerprint density at radius 2 is 2.04 bits per heavy atom. The highest BCUT2D eigenvalue weighted by Crippen LogP contribution is 2.19. The number of aromatic nitrogens is 1. The van der Waals surface area contributed by atoms with Crippen LogP contribution in [-0.2, 0) is 17.8 Å². The Morgan fingerprint density at radius 1 is 1.17 bits per heavy atom. The molecule has 3 rings (SSSR count). The number of methoxy groups -OCH3 is 1. The van der Waals surface area contributed by atoms with Crippen LogP contribution >= 0.6 is 0 Å². The molecule has 1 aromatic heterocycles. The first-order valence-electron chi connectivity index (χ1n) is 8.66. The number of benzene rings is 1. The van der Waals surface area contributed by atoms with Gasteiger partial charge in [-0.25, -0.2) is 0 Å². The third-order valence-electron chi connectivity index (χ3n) is 4.45. The van der Waals surface area contributed by atoms with E-state index < -0.39 is 0 Å². The second-order valence-corrected chi connectivity index (χ2v) is 6.42. The van der Waals surface area contributed by atoms with Gasteiger partial charge in [-0.15, -0.1) is 0 Å². The summed E-state index contributed by atoms with van der Waals surface area (Å²) in [6.45, 7) is 4.61. The normalized spacial score (nSPS) is 17.8. The maximum Gasteiger partial charge on any atom is 0.118 e. The van der Waals surface area contributed by atoms with Gasteiger partial charge in [0.25, 0.3) is 0 Å². The molecule has 0 saturated carbocycles. The zero-order valence-corrected chi connectivity index (χ0v) is 14.4. The van der Waals surface area contributed by atoms with Crippen molar-refractivity contribution in [2.45, 2.75) is 25.9 Å². The lowest BCUT2D eigenvalue weighted by atomic mass is 10.0. The van der Waals surface area contributed by atoms with Crippen molar-refractivity contribution in [1.82, 2.24) is 9.88 Å². The summed E-state index contributed by atoms with van der Waals surface area (Å²) in [5.41, 5.74) is 2.41. The van der Waals surface area contributed by atoms with Crippen LogP contribution in [0.1, 0.15) is 24.1 Å². The summed E-state index contributed by atoms with van der Waals surface area (Å²) in [5, 5.41) is 0. The molecule has 1 saturated heterocycles. The smallest absolute Gasteiger partial charge is 0.118 e. The molecule has 0 N–H and O–H groups in total. The molecule has 1 aliphatic heterocycles. The molecule has 128 valence electrons. The van der Waals surface area contributed by atoms with Gasteiger partial charge in [-0.05, 0) is 48.6 Å². The fraction of sp³-hybridized carbons (Fsp3) is 0.450. The Bertz CT molecular complexity index is 595. The van der Waals surface area contributed by atoms with E-state index in [2.05, 4.69) is 34.1 Å². The van der Waals surface area contributed by atoms with E-state index in [4.69, 9.17) is 9.47 Å². The molecule has 0 aliphatic carbocycles. The Kier molecular flexibility index (Phi) is 6.21. The summed E-state index contributed by atoms with van der Waals surface area (Å²) in [4.78, 5) is 6.96. The van der Waals surface area contributed by atoms with Crippen molar-refractivity contribution >= 4 is 0 Å². The average Bonchev–Trinajstić information content (AvgIpc) is 2.64. The molecule has 1 atom stereocenters. The van der Waals surface area contributed by atoms with Gasteiger partial charge in [0.15, 0.2) is 0 Å². The zero-order chi connectivity index (χ0) is 16.6. The van der Waals surface area contributed by atoms with Gasteiger partial charge in [0.1, 0.15) is 5.75 Å². The number of hydrogen-bond acceptors (Lipinski definition) is 4. The summed E-state index contributed by atoms with van der Waals surface area (Å²) in [6.07, 6.45) is 4.29. The SMILES string of the molecule is COc1ccc(CN(Cc2ccccn2)C[C@@H]2CCCOC2)cc1. The Labute approximate surface area is 144 Å².